The molecular formula is C45H91NO7. The number of aliphatic hydroxyl groups excluding tert-OH is 1. The van der Waals surface area contributed by atoms with Gasteiger partial charge in [-0.2, -0.15) is 0 Å². The third-order valence-electron chi connectivity index (χ3n) is 10.2. The number of hydrogen-bond donors (Lipinski definition) is 2. The van der Waals surface area contributed by atoms with E-state index in [1.165, 1.54) is 186 Å². The van der Waals surface area contributed by atoms with Crippen LogP contribution in [0, 0.1) is 0 Å². The number of carbonyl (C=O) groups is 1. The van der Waals surface area contributed by atoms with Crippen molar-refractivity contribution in [2.24, 2.45) is 5.73 Å². The van der Waals surface area contributed by atoms with Crippen molar-refractivity contribution in [3.63, 3.8) is 0 Å². The Hall–Kier alpha value is -0.930. The van der Waals surface area contributed by atoms with Crippen LogP contribution in [-0.2, 0) is 23.7 Å². The highest BCUT2D eigenvalue weighted by atomic mass is 16.7. The molecule has 0 fully saturated rings. The van der Waals surface area contributed by atoms with E-state index in [9.17, 15) is 9.90 Å². The highest BCUT2D eigenvalue weighted by molar-refractivity contribution is 5.59. The SMILES string of the molecule is CCCCCCCCCCCCCCCCCCOCOCC(COC(=O)OCCCCCCCCCCCCCCCCCC)OC(O)CCCN. The average Bonchev–Trinajstić information content (AvgIpc) is 3.16. The van der Waals surface area contributed by atoms with Crippen molar-refractivity contribution in [3.05, 3.63) is 0 Å². The largest absolute Gasteiger partial charge is 0.508 e. The van der Waals surface area contributed by atoms with Crippen molar-refractivity contribution >= 4 is 6.16 Å². The zero-order valence-electron chi connectivity index (χ0n) is 35.4. The first kappa shape index (κ1) is 52.1. The third-order valence-corrected chi connectivity index (χ3v) is 10.2. The second kappa shape index (κ2) is 45.5. The molecule has 0 heterocycles. The molecule has 0 spiro atoms. The fraction of sp³-hybridized carbons (Fsp3) is 0.978. The maximum atomic E-state index is 12.2. The lowest BCUT2D eigenvalue weighted by atomic mass is 10.0. The van der Waals surface area contributed by atoms with Gasteiger partial charge in [-0.3, -0.25) is 0 Å². The van der Waals surface area contributed by atoms with E-state index in [1.807, 2.05) is 0 Å². The topological polar surface area (TPSA) is 109 Å². The second-order valence-electron chi connectivity index (χ2n) is 15.6. The first-order valence-electron chi connectivity index (χ1n) is 23.1. The summed E-state index contributed by atoms with van der Waals surface area (Å²) in [6.07, 6.45) is 41.1. The van der Waals surface area contributed by atoms with E-state index in [1.54, 1.807) is 0 Å². The summed E-state index contributed by atoms with van der Waals surface area (Å²) in [7, 11) is 0. The first-order valence-corrected chi connectivity index (χ1v) is 23.1. The van der Waals surface area contributed by atoms with Crippen LogP contribution in [0.3, 0.4) is 0 Å². The Bertz CT molecular complexity index is 698. The quantitative estimate of drug-likeness (QED) is 0.0359. The van der Waals surface area contributed by atoms with Gasteiger partial charge in [-0.15, -0.1) is 0 Å². The molecule has 0 aliphatic heterocycles. The van der Waals surface area contributed by atoms with Crippen molar-refractivity contribution in [2.75, 3.05) is 39.8 Å². The van der Waals surface area contributed by atoms with Gasteiger partial charge in [0.1, 0.15) is 19.5 Å². The molecule has 0 aliphatic carbocycles. The number of hydrogen-bond acceptors (Lipinski definition) is 8. The summed E-state index contributed by atoms with van der Waals surface area (Å²) in [6.45, 7) is 6.26. The Kier molecular flexibility index (Phi) is 44.7. The molecule has 0 saturated carbocycles. The van der Waals surface area contributed by atoms with Gasteiger partial charge in [-0.1, -0.05) is 206 Å². The molecule has 318 valence electrons. The highest BCUT2D eigenvalue weighted by Gasteiger charge is 2.18. The first-order chi connectivity index (χ1) is 26.1. The van der Waals surface area contributed by atoms with Crippen LogP contribution in [0.15, 0.2) is 0 Å². The van der Waals surface area contributed by atoms with Crippen molar-refractivity contribution in [1.82, 2.24) is 0 Å². The van der Waals surface area contributed by atoms with Crippen LogP contribution in [0.1, 0.15) is 232 Å². The number of carbonyl (C=O) groups excluding carboxylic acids is 1. The van der Waals surface area contributed by atoms with Crippen LogP contribution in [0.2, 0.25) is 0 Å². The lowest BCUT2D eigenvalue weighted by Crippen LogP contribution is -2.32. The van der Waals surface area contributed by atoms with Gasteiger partial charge in [0, 0.05) is 6.61 Å². The summed E-state index contributed by atoms with van der Waals surface area (Å²) < 4.78 is 27.5. The molecule has 0 bridgehead atoms. The summed E-state index contributed by atoms with van der Waals surface area (Å²) in [4.78, 5) is 12.2. The number of nitrogens with two attached hydrogens (primary N) is 1. The second-order valence-corrected chi connectivity index (χ2v) is 15.6. The third kappa shape index (κ3) is 43.7. The predicted octanol–water partition coefficient (Wildman–Crippen LogP) is 13.1. The molecule has 0 aromatic rings. The Balaban J connectivity index is 3.76. The molecule has 0 aromatic carbocycles. The highest BCUT2D eigenvalue weighted by Crippen LogP contribution is 2.15. The van der Waals surface area contributed by atoms with Crippen LogP contribution in [0.4, 0.5) is 4.79 Å². The lowest BCUT2D eigenvalue weighted by Gasteiger charge is -2.21. The fourth-order valence-corrected chi connectivity index (χ4v) is 6.77. The van der Waals surface area contributed by atoms with Crippen molar-refractivity contribution in [2.45, 2.75) is 245 Å². The van der Waals surface area contributed by atoms with Crippen molar-refractivity contribution < 1.29 is 33.6 Å². The molecule has 0 aliphatic rings. The predicted molar refractivity (Wildman–Crippen MR) is 222 cm³/mol. The van der Waals surface area contributed by atoms with Gasteiger partial charge in [0.05, 0.1) is 13.2 Å². The van der Waals surface area contributed by atoms with E-state index in [-0.39, 0.29) is 20.0 Å². The molecule has 8 heteroatoms. The summed E-state index contributed by atoms with van der Waals surface area (Å²) in [6, 6.07) is 0. The van der Waals surface area contributed by atoms with Crippen LogP contribution < -0.4 is 5.73 Å². The number of unbranched alkanes of at least 4 members (excludes halogenated alkanes) is 30. The lowest BCUT2D eigenvalue weighted by molar-refractivity contribution is -0.179. The Labute approximate surface area is 329 Å². The van der Waals surface area contributed by atoms with Gasteiger partial charge < -0.3 is 34.5 Å². The van der Waals surface area contributed by atoms with Crippen LogP contribution in [0.5, 0.6) is 0 Å². The minimum absolute atomic E-state index is 0.0589. The van der Waals surface area contributed by atoms with E-state index in [2.05, 4.69) is 13.8 Å². The summed E-state index contributed by atoms with van der Waals surface area (Å²) in [5.41, 5.74) is 5.56. The average molecular weight is 758 g/mol. The summed E-state index contributed by atoms with van der Waals surface area (Å²) in [5.74, 6) is 0. The molecule has 0 amide bonds. The molecule has 53 heavy (non-hydrogen) atoms. The maximum Gasteiger partial charge on any atom is 0.508 e. The normalized spacial score (nSPS) is 12.7. The van der Waals surface area contributed by atoms with E-state index in [0.717, 1.165) is 19.3 Å². The molecule has 8 nitrogen and oxygen atoms in total. The molecule has 0 saturated heterocycles. The zero-order valence-corrected chi connectivity index (χ0v) is 35.4. The monoisotopic (exact) mass is 758 g/mol. The Morgan fingerprint density at radius 1 is 0.472 bits per heavy atom. The fourth-order valence-electron chi connectivity index (χ4n) is 6.77. The molecule has 0 rings (SSSR count). The molecule has 2 atom stereocenters. The van der Waals surface area contributed by atoms with E-state index >= 15 is 0 Å². The number of rotatable bonds is 45. The van der Waals surface area contributed by atoms with Gasteiger partial charge in [0.2, 0.25) is 0 Å². The van der Waals surface area contributed by atoms with Gasteiger partial charge in [-0.25, -0.2) is 4.79 Å². The standard InChI is InChI=1S/C45H91NO7/c1-3-5-7-9-11-13-15-17-19-21-23-25-27-29-31-33-38-49-42-50-40-43(53-44(47)36-35-37-46)41-52-45(48)51-39-34-32-30-28-26-24-22-20-18-16-14-12-10-8-6-4-2/h43-44,47H,3-42,46H2,1-2H3. The Morgan fingerprint density at radius 2 is 0.849 bits per heavy atom. The molecule has 2 unspecified atom stereocenters. The molecular weight excluding hydrogens is 666 g/mol. The molecule has 0 radical (unpaired) electrons. The van der Waals surface area contributed by atoms with Gasteiger partial charge in [0.15, 0.2) is 6.29 Å². The van der Waals surface area contributed by atoms with E-state index in [0.29, 0.717) is 32.6 Å². The van der Waals surface area contributed by atoms with Crippen LogP contribution >= 0.6 is 0 Å². The number of ether oxygens (including phenoxy) is 5. The minimum Gasteiger partial charge on any atom is -0.434 e. The van der Waals surface area contributed by atoms with Crippen molar-refractivity contribution in [3.8, 4) is 0 Å². The van der Waals surface area contributed by atoms with E-state index < -0.39 is 18.5 Å². The zero-order chi connectivity index (χ0) is 38.6. The summed E-state index contributed by atoms with van der Waals surface area (Å²) >= 11 is 0. The van der Waals surface area contributed by atoms with Crippen LogP contribution in [-0.4, -0.2) is 63.4 Å². The van der Waals surface area contributed by atoms with Crippen LogP contribution in [0.25, 0.3) is 0 Å². The smallest absolute Gasteiger partial charge is 0.434 e. The van der Waals surface area contributed by atoms with Gasteiger partial charge in [0.25, 0.3) is 0 Å². The van der Waals surface area contributed by atoms with E-state index in [4.69, 9.17) is 29.4 Å². The molecule has 3 N–H and O–H groups in total. The van der Waals surface area contributed by atoms with Gasteiger partial charge in [-0.05, 0) is 32.2 Å². The van der Waals surface area contributed by atoms with Gasteiger partial charge >= 0.3 is 6.16 Å². The Morgan fingerprint density at radius 3 is 1.25 bits per heavy atom. The molecule has 0 aromatic heterocycles. The number of aliphatic hydroxyl groups is 1. The summed E-state index contributed by atoms with van der Waals surface area (Å²) in [5, 5.41) is 10.2. The maximum absolute atomic E-state index is 12.2. The minimum atomic E-state index is -0.997. The van der Waals surface area contributed by atoms with Crippen molar-refractivity contribution in [1.29, 1.82) is 0 Å².